The first-order valence-electron chi connectivity index (χ1n) is 7.41. The highest BCUT2D eigenvalue weighted by Gasteiger charge is 2.34. The van der Waals surface area contributed by atoms with Crippen LogP contribution in [-0.2, 0) is 0 Å². The van der Waals surface area contributed by atoms with E-state index in [4.69, 9.17) is 10.5 Å². The smallest absolute Gasteiger partial charge is 0.178 e. The SMILES string of the molecule is CCCCNc1sc(C(=O)C2CC2)c(N)c1OC(C)C. The molecule has 0 unspecified atom stereocenters. The highest BCUT2D eigenvalue weighted by Crippen LogP contribution is 2.46. The van der Waals surface area contributed by atoms with E-state index in [9.17, 15) is 4.79 Å². The van der Waals surface area contributed by atoms with E-state index in [1.807, 2.05) is 13.8 Å². The van der Waals surface area contributed by atoms with Crippen LogP contribution in [0.1, 0.15) is 56.1 Å². The average molecular weight is 296 g/mol. The molecular weight excluding hydrogens is 272 g/mol. The molecule has 1 aliphatic rings. The molecule has 5 heteroatoms. The molecule has 0 aliphatic heterocycles. The second kappa shape index (κ2) is 6.48. The molecule has 0 atom stereocenters. The van der Waals surface area contributed by atoms with Gasteiger partial charge in [0.05, 0.1) is 16.7 Å². The fourth-order valence-electron chi connectivity index (χ4n) is 1.99. The summed E-state index contributed by atoms with van der Waals surface area (Å²) in [6.07, 6.45) is 4.25. The maximum atomic E-state index is 12.3. The molecule has 0 aromatic carbocycles. The molecule has 2 rings (SSSR count). The fraction of sp³-hybridized carbons (Fsp3) is 0.667. The van der Waals surface area contributed by atoms with Crippen LogP contribution in [0.2, 0.25) is 0 Å². The van der Waals surface area contributed by atoms with Gasteiger partial charge in [0.1, 0.15) is 5.00 Å². The second-order valence-corrected chi connectivity index (χ2v) is 6.61. The standard InChI is InChI=1S/C15H24N2O2S/c1-4-5-8-17-15-13(19-9(2)3)11(16)14(20-15)12(18)10-6-7-10/h9-10,17H,4-8,16H2,1-3H3. The van der Waals surface area contributed by atoms with E-state index < -0.39 is 0 Å². The minimum absolute atomic E-state index is 0.0440. The van der Waals surface area contributed by atoms with Crippen LogP contribution in [-0.4, -0.2) is 18.4 Å². The van der Waals surface area contributed by atoms with Crippen LogP contribution in [0.25, 0.3) is 0 Å². The van der Waals surface area contributed by atoms with Gasteiger partial charge in [-0.05, 0) is 33.1 Å². The molecule has 0 spiro atoms. The molecule has 1 fully saturated rings. The molecule has 0 amide bonds. The molecule has 1 aromatic rings. The molecule has 20 heavy (non-hydrogen) atoms. The van der Waals surface area contributed by atoms with Crippen LogP contribution in [0.3, 0.4) is 0 Å². The van der Waals surface area contributed by atoms with Crippen molar-refractivity contribution in [2.75, 3.05) is 17.6 Å². The number of thiophene rings is 1. The van der Waals surface area contributed by atoms with Crippen LogP contribution in [0.4, 0.5) is 10.7 Å². The molecule has 0 radical (unpaired) electrons. The highest BCUT2D eigenvalue weighted by atomic mass is 32.1. The van der Waals surface area contributed by atoms with Crippen molar-refractivity contribution in [3.63, 3.8) is 0 Å². The van der Waals surface area contributed by atoms with Gasteiger partial charge in [-0.15, -0.1) is 11.3 Å². The first-order chi connectivity index (χ1) is 9.54. The van der Waals surface area contributed by atoms with Gasteiger partial charge in [0.15, 0.2) is 11.5 Å². The second-order valence-electron chi connectivity index (χ2n) is 5.59. The van der Waals surface area contributed by atoms with Crippen molar-refractivity contribution in [3.8, 4) is 5.75 Å². The van der Waals surface area contributed by atoms with Gasteiger partial charge in [0.25, 0.3) is 0 Å². The van der Waals surface area contributed by atoms with Gasteiger partial charge >= 0.3 is 0 Å². The molecule has 3 N–H and O–H groups in total. The number of nitrogen functional groups attached to an aromatic ring is 1. The Morgan fingerprint density at radius 1 is 1.50 bits per heavy atom. The summed E-state index contributed by atoms with van der Waals surface area (Å²) in [5, 5.41) is 4.25. The topological polar surface area (TPSA) is 64.4 Å². The summed E-state index contributed by atoms with van der Waals surface area (Å²) < 4.78 is 5.81. The van der Waals surface area contributed by atoms with E-state index in [0.29, 0.717) is 16.3 Å². The van der Waals surface area contributed by atoms with Crippen molar-refractivity contribution >= 4 is 27.8 Å². The number of ketones is 1. The number of nitrogens with two attached hydrogens (primary N) is 1. The van der Waals surface area contributed by atoms with E-state index in [1.54, 1.807) is 0 Å². The first-order valence-corrected chi connectivity index (χ1v) is 8.23. The molecule has 4 nitrogen and oxygen atoms in total. The zero-order chi connectivity index (χ0) is 14.7. The van der Waals surface area contributed by atoms with E-state index in [-0.39, 0.29) is 17.8 Å². The minimum atomic E-state index is 0.0440. The Morgan fingerprint density at radius 3 is 2.75 bits per heavy atom. The number of carbonyl (C=O) groups excluding carboxylic acids is 1. The lowest BCUT2D eigenvalue weighted by molar-refractivity contribution is 0.0972. The van der Waals surface area contributed by atoms with Crippen LogP contribution < -0.4 is 15.8 Å². The van der Waals surface area contributed by atoms with Crippen molar-refractivity contribution in [2.24, 2.45) is 5.92 Å². The molecule has 1 heterocycles. The van der Waals surface area contributed by atoms with Gasteiger partial charge in [-0.25, -0.2) is 0 Å². The molecule has 1 aromatic heterocycles. The number of ether oxygens (including phenoxy) is 1. The Kier molecular flexibility index (Phi) is 4.91. The lowest BCUT2D eigenvalue weighted by Crippen LogP contribution is -2.09. The monoisotopic (exact) mass is 296 g/mol. The largest absolute Gasteiger partial charge is 0.486 e. The summed E-state index contributed by atoms with van der Waals surface area (Å²) in [7, 11) is 0. The Hall–Kier alpha value is -1.23. The van der Waals surface area contributed by atoms with Crippen molar-refractivity contribution in [1.82, 2.24) is 0 Å². The van der Waals surface area contributed by atoms with Gasteiger partial charge in [-0.1, -0.05) is 13.3 Å². The number of unbranched alkanes of at least 4 members (excludes halogenated alkanes) is 1. The molecule has 1 aliphatic carbocycles. The number of rotatable bonds is 8. The Balaban J connectivity index is 2.22. The normalized spacial score (nSPS) is 14.6. The number of hydrogen-bond donors (Lipinski definition) is 2. The zero-order valence-electron chi connectivity index (χ0n) is 12.5. The number of carbonyl (C=O) groups is 1. The minimum Gasteiger partial charge on any atom is -0.486 e. The van der Waals surface area contributed by atoms with Gasteiger partial charge < -0.3 is 15.8 Å². The molecule has 112 valence electrons. The summed E-state index contributed by atoms with van der Waals surface area (Å²) in [6.45, 7) is 6.96. The third-order valence-electron chi connectivity index (χ3n) is 3.24. The Morgan fingerprint density at radius 2 is 2.20 bits per heavy atom. The summed E-state index contributed by atoms with van der Waals surface area (Å²) in [5.74, 6) is 1.03. The lowest BCUT2D eigenvalue weighted by Gasteiger charge is -2.12. The molecule has 1 saturated carbocycles. The number of nitrogens with one attached hydrogen (secondary N) is 1. The summed E-state index contributed by atoms with van der Waals surface area (Å²) in [5.41, 5.74) is 6.66. The molecular formula is C15H24N2O2S. The van der Waals surface area contributed by atoms with E-state index in [0.717, 1.165) is 37.2 Å². The molecule has 0 bridgehead atoms. The van der Waals surface area contributed by atoms with Crippen molar-refractivity contribution in [3.05, 3.63) is 4.88 Å². The zero-order valence-corrected chi connectivity index (χ0v) is 13.3. The van der Waals surface area contributed by atoms with Crippen LogP contribution in [0, 0.1) is 5.92 Å². The number of anilines is 2. The number of hydrogen-bond acceptors (Lipinski definition) is 5. The van der Waals surface area contributed by atoms with E-state index in [1.165, 1.54) is 11.3 Å². The summed E-state index contributed by atoms with van der Waals surface area (Å²) in [6, 6.07) is 0. The van der Waals surface area contributed by atoms with Crippen molar-refractivity contribution in [2.45, 2.75) is 52.6 Å². The molecule has 0 saturated heterocycles. The van der Waals surface area contributed by atoms with Crippen LogP contribution in [0.5, 0.6) is 5.75 Å². The summed E-state index contributed by atoms with van der Waals surface area (Å²) in [4.78, 5) is 12.9. The van der Waals surface area contributed by atoms with Crippen LogP contribution in [0.15, 0.2) is 0 Å². The highest BCUT2D eigenvalue weighted by molar-refractivity contribution is 7.19. The van der Waals surface area contributed by atoms with Gasteiger partial charge in [-0.2, -0.15) is 0 Å². The fourth-order valence-corrected chi connectivity index (χ4v) is 3.09. The van der Waals surface area contributed by atoms with Gasteiger partial charge in [0.2, 0.25) is 0 Å². The Labute approximate surface area is 124 Å². The maximum Gasteiger partial charge on any atom is 0.178 e. The van der Waals surface area contributed by atoms with Gasteiger partial charge in [-0.3, -0.25) is 4.79 Å². The number of Topliss-reactive ketones (excluding diaryl/α,β-unsaturated/α-hetero) is 1. The third kappa shape index (κ3) is 3.45. The van der Waals surface area contributed by atoms with Crippen molar-refractivity contribution < 1.29 is 9.53 Å². The lowest BCUT2D eigenvalue weighted by atomic mass is 10.2. The summed E-state index contributed by atoms with van der Waals surface area (Å²) >= 11 is 1.44. The Bertz CT molecular complexity index is 478. The quantitative estimate of drug-likeness (QED) is 0.563. The predicted octanol–water partition coefficient (Wildman–Crippen LogP) is 3.92. The first kappa shape index (κ1) is 15.2. The maximum absolute atomic E-state index is 12.3. The average Bonchev–Trinajstić information content (AvgIpc) is 3.19. The third-order valence-corrected chi connectivity index (χ3v) is 4.40. The van der Waals surface area contributed by atoms with Gasteiger partial charge in [0, 0.05) is 12.5 Å². The van der Waals surface area contributed by atoms with E-state index >= 15 is 0 Å². The van der Waals surface area contributed by atoms with E-state index in [2.05, 4.69) is 12.2 Å². The predicted molar refractivity (Wildman–Crippen MR) is 84.9 cm³/mol. The van der Waals surface area contributed by atoms with Crippen LogP contribution >= 0.6 is 11.3 Å². The van der Waals surface area contributed by atoms with Crippen molar-refractivity contribution in [1.29, 1.82) is 0 Å².